The summed E-state index contributed by atoms with van der Waals surface area (Å²) in [5.41, 5.74) is 1.22. The largest absolute Gasteiger partial charge is 0.490 e. The molecule has 7 nitrogen and oxygen atoms in total. The number of rotatable bonds is 9. The number of nitrogens with zero attached hydrogens (tertiary/aromatic N) is 1. The van der Waals surface area contributed by atoms with Crippen molar-refractivity contribution in [1.29, 1.82) is 0 Å². The molecule has 28 heavy (non-hydrogen) atoms. The van der Waals surface area contributed by atoms with Crippen molar-refractivity contribution in [3.05, 3.63) is 48.0 Å². The van der Waals surface area contributed by atoms with E-state index in [-0.39, 0.29) is 17.2 Å². The van der Waals surface area contributed by atoms with Gasteiger partial charge in [0.2, 0.25) is 5.91 Å². The molecule has 0 atom stereocenters. The summed E-state index contributed by atoms with van der Waals surface area (Å²) < 4.78 is 38.9. The van der Waals surface area contributed by atoms with Crippen molar-refractivity contribution in [3.63, 3.8) is 0 Å². The molecule has 2 aromatic carbocycles. The van der Waals surface area contributed by atoms with Crippen LogP contribution in [-0.2, 0) is 21.2 Å². The highest BCUT2D eigenvalue weighted by atomic mass is 32.2. The van der Waals surface area contributed by atoms with Gasteiger partial charge in [0.1, 0.15) is 0 Å². The summed E-state index contributed by atoms with van der Waals surface area (Å²) >= 11 is 0. The average Bonchev–Trinajstić information content (AvgIpc) is 2.64. The minimum absolute atomic E-state index is 0.0221. The molecule has 152 valence electrons. The highest BCUT2D eigenvalue weighted by Gasteiger charge is 2.18. The molecule has 0 aliphatic heterocycles. The number of anilines is 1. The zero-order chi connectivity index (χ0) is 20.7. The lowest BCUT2D eigenvalue weighted by molar-refractivity contribution is -0.127. The van der Waals surface area contributed by atoms with Crippen LogP contribution in [0.5, 0.6) is 11.5 Å². The summed E-state index contributed by atoms with van der Waals surface area (Å²) in [6.45, 7) is 4.51. The Morgan fingerprint density at radius 1 is 0.964 bits per heavy atom. The van der Waals surface area contributed by atoms with Crippen molar-refractivity contribution in [2.24, 2.45) is 0 Å². The van der Waals surface area contributed by atoms with Crippen LogP contribution in [-0.4, -0.2) is 46.5 Å². The summed E-state index contributed by atoms with van der Waals surface area (Å²) in [5, 5.41) is 0. The molecule has 0 saturated heterocycles. The number of sulfonamides is 1. The molecule has 0 unspecified atom stereocenters. The third-order valence-electron chi connectivity index (χ3n) is 3.89. The molecule has 2 aromatic rings. The molecule has 0 radical (unpaired) electrons. The Hall–Kier alpha value is -2.74. The molecule has 0 saturated carbocycles. The van der Waals surface area contributed by atoms with Gasteiger partial charge in [0.05, 0.1) is 24.5 Å². The van der Waals surface area contributed by atoms with Gasteiger partial charge in [-0.15, -0.1) is 0 Å². The van der Waals surface area contributed by atoms with Gasteiger partial charge in [0.25, 0.3) is 10.0 Å². The zero-order valence-electron chi connectivity index (χ0n) is 16.6. The molecule has 0 spiro atoms. The number of hydrogen-bond acceptors (Lipinski definition) is 5. The fourth-order valence-corrected chi connectivity index (χ4v) is 3.51. The van der Waals surface area contributed by atoms with Crippen LogP contribution >= 0.6 is 0 Å². The molecular weight excluding hydrogens is 380 g/mol. The maximum Gasteiger partial charge on any atom is 0.262 e. The Morgan fingerprint density at radius 2 is 1.57 bits per heavy atom. The first-order valence-electron chi connectivity index (χ1n) is 8.98. The number of amides is 1. The van der Waals surface area contributed by atoms with Gasteiger partial charge >= 0.3 is 0 Å². The van der Waals surface area contributed by atoms with Crippen molar-refractivity contribution >= 4 is 21.6 Å². The minimum Gasteiger partial charge on any atom is -0.490 e. The van der Waals surface area contributed by atoms with Gasteiger partial charge in [-0.1, -0.05) is 12.1 Å². The van der Waals surface area contributed by atoms with Crippen molar-refractivity contribution in [2.45, 2.75) is 25.2 Å². The van der Waals surface area contributed by atoms with Gasteiger partial charge in [0.15, 0.2) is 11.5 Å². The molecule has 2 rings (SSSR count). The normalized spacial score (nSPS) is 11.0. The molecule has 8 heteroatoms. The standard InChI is InChI=1S/C20H26N2O5S/c1-5-26-18-12-11-17(14-19(18)27-6-2)28(24,25)21-16-9-7-15(8-10-16)13-20(23)22(3)4/h7-12,14,21H,5-6,13H2,1-4H3. The van der Waals surface area contributed by atoms with Crippen molar-refractivity contribution in [1.82, 2.24) is 4.90 Å². The van der Waals surface area contributed by atoms with Crippen molar-refractivity contribution in [2.75, 3.05) is 32.0 Å². The maximum absolute atomic E-state index is 12.7. The van der Waals surface area contributed by atoms with Gasteiger partial charge in [0, 0.05) is 25.8 Å². The monoisotopic (exact) mass is 406 g/mol. The second-order valence-electron chi connectivity index (χ2n) is 6.24. The predicted molar refractivity (Wildman–Crippen MR) is 108 cm³/mol. The molecule has 0 aromatic heterocycles. The number of benzene rings is 2. The minimum atomic E-state index is -3.80. The van der Waals surface area contributed by atoms with Crippen LogP contribution in [0.25, 0.3) is 0 Å². The quantitative estimate of drug-likeness (QED) is 0.692. The van der Waals surface area contributed by atoms with Crippen LogP contribution in [0.1, 0.15) is 19.4 Å². The maximum atomic E-state index is 12.7. The summed E-state index contributed by atoms with van der Waals surface area (Å²) in [6.07, 6.45) is 0.261. The SMILES string of the molecule is CCOc1ccc(S(=O)(=O)Nc2ccc(CC(=O)N(C)C)cc2)cc1OCC. The molecule has 0 bridgehead atoms. The third-order valence-corrected chi connectivity index (χ3v) is 5.26. The molecule has 0 fully saturated rings. The van der Waals surface area contributed by atoms with Crippen molar-refractivity contribution < 1.29 is 22.7 Å². The summed E-state index contributed by atoms with van der Waals surface area (Å²) in [4.78, 5) is 13.4. The predicted octanol–water partition coefficient (Wildman–Crippen LogP) is 2.92. The lowest BCUT2D eigenvalue weighted by Crippen LogP contribution is -2.23. The Kier molecular flexibility index (Phi) is 7.28. The van der Waals surface area contributed by atoms with E-state index in [0.29, 0.717) is 30.4 Å². The fraction of sp³-hybridized carbons (Fsp3) is 0.350. The Labute approximate surface area is 166 Å². The highest BCUT2D eigenvalue weighted by Crippen LogP contribution is 2.31. The summed E-state index contributed by atoms with van der Waals surface area (Å²) in [5.74, 6) is 0.856. The van der Waals surface area contributed by atoms with E-state index >= 15 is 0 Å². The Bertz CT molecular complexity index is 909. The van der Waals surface area contributed by atoms with Crippen LogP contribution in [0.4, 0.5) is 5.69 Å². The number of likely N-dealkylation sites (N-methyl/N-ethyl adjacent to an activating group) is 1. The van der Waals surface area contributed by atoms with Crippen molar-refractivity contribution in [3.8, 4) is 11.5 Å². The Morgan fingerprint density at radius 3 is 2.14 bits per heavy atom. The van der Waals surface area contributed by atoms with E-state index in [1.807, 2.05) is 13.8 Å². The Balaban J connectivity index is 2.19. The van der Waals surface area contributed by atoms with Gasteiger partial charge in [-0.25, -0.2) is 8.42 Å². The van der Waals surface area contributed by atoms with E-state index in [1.165, 1.54) is 17.0 Å². The molecular formula is C20H26N2O5S. The number of nitrogens with one attached hydrogen (secondary N) is 1. The first-order chi connectivity index (χ1) is 13.3. The summed E-state index contributed by atoms with van der Waals surface area (Å²) in [6, 6.07) is 11.2. The van der Waals surface area contributed by atoms with Crippen LogP contribution in [0.3, 0.4) is 0 Å². The third kappa shape index (κ3) is 5.63. The molecule has 1 amide bonds. The van der Waals surface area contributed by atoms with Gasteiger partial charge < -0.3 is 14.4 Å². The van der Waals surface area contributed by atoms with E-state index < -0.39 is 10.0 Å². The van der Waals surface area contributed by atoms with E-state index in [4.69, 9.17) is 9.47 Å². The van der Waals surface area contributed by atoms with Crippen LogP contribution < -0.4 is 14.2 Å². The van der Waals surface area contributed by atoms with Gasteiger partial charge in [-0.3, -0.25) is 9.52 Å². The summed E-state index contributed by atoms with van der Waals surface area (Å²) in [7, 11) is -0.411. The lowest BCUT2D eigenvalue weighted by Gasteiger charge is -2.14. The number of carbonyl (C=O) groups is 1. The lowest BCUT2D eigenvalue weighted by atomic mass is 10.1. The number of ether oxygens (including phenoxy) is 2. The molecule has 0 heterocycles. The molecule has 0 aliphatic carbocycles. The van der Waals surface area contributed by atoms with E-state index in [0.717, 1.165) is 5.56 Å². The smallest absolute Gasteiger partial charge is 0.262 e. The van der Waals surface area contributed by atoms with Crippen LogP contribution in [0.2, 0.25) is 0 Å². The first-order valence-corrected chi connectivity index (χ1v) is 10.5. The van der Waals surface area contributed by atoms with Gasteiger partial charge in [-0.05, 0) is 43.7 Å². The molecule has 1 N–H and O–H groups in total. The van der Waals surface area contributed by atoms with Crippen LogP contribution in [0, 0.1) is 0 Å². The van der Waals surface area contributed by atoms with E-state index in [2.05, 4.69) is 4.72 Å². The van der Waals surface area contributed by atoms with Gasteiger partial charge in [-0.2, -0.15) is 0 Å². The zero-order valence-corrected chi connectivity index (χ0v) is 17.4. The van der Waals surface area contributed by atoms with E-state index in [9.17, 15) is 13.2 Å². The first kappa shape index (κ1) is 21.6. The second-order valence-corrected chi connectivity index (χ2v) is 7.92. The van der Waals surface area contributed by atoms with Crippen LogP contribution in [0.15, 0.2) is 47.4 Å². The fourth-order valence-electron chi connectivity index (χ4n) is 2.44. The topological polar surface area (TPSA) is 84.9 Å². The highest BCUT2D eigenvalue weighted by molar-refractivity contribution is 7.92. The second kappa shape index (κ2) is 9.45. The number of hydrogen-bond donors (Lipinski definition) is 1. The van der Waals surface area contributed by atoms with E-state index in [1.54, 1.807) is 44.4 Å². The molecule has 0 aliphatic rings. The average molecular weight is 407 g/mol. The number of carbonyl (C=O) groups excluding carboxylic acids is 1.